The summed E-state index contributed by atoms with van der Waals surface area (Å²) in [6.07, 6.45) is 7.48. The molecule has 1 amide bonds. The Morgan fingerprint density at radius 2 is 2.00 bits per heavy atom. The van der Waals surface area contributed by atoms with Crippen molar-refractivity contribution in [1.29, 1.82) is 0 Å². The quantitative estimate of drug-likeness (QED) is 0.735. The van der Waals surface area contributed by atoms with E-state index < -0.39 is 0 Å². The maximum atomic E-state index is 10.7. The van der Waals surface area contributed by atoms with E-state index in [4.69, 9.17) is 5.73 Å². The Bertz CT molecular complexity index is 221. The molecule has 1 aliphatic carbocycles. The van der Waals surface area contributed by atoms with Crippen LogP contribution in [0.4, 0.5) is 0 Å². The lowest BCUT2D eigenvalue weighted by Gasteiger charge is -2.23. The van der Waals surface area contributed by atoms with Crippen molar-refractivity contribution in [2.24, 2.45) is 11.1 Å². The van der Waals surface area contributed by atoms with Crippen LogP contribution in [-0.2, 0) is 4.79 Å². The van der Waals surface area contributed by atoms with Gasteiger partial charge in [-0.3, -0.25) is 4.79 Å². The number of likely N-dealkylation sites (tertiary alicyclic amines) is 1. The molecule has 1 saturated heterocycles. The Morgan fingerprint density at radius 1 is 1.29 bits per heavy atom. The van der Waals surface area contributed by atoms with Crippen molar-refractivity contribution < 1.29 is 4.79 Å². The van der Waals surface area contributed by atoms with Gasteiger partial charge in [0.25, 0.3) is 0 Å². The normalized spacial score (nSPS) is 26.0. The zero-order valence-corrected chi connectivity index (χ0v) is 8.80. The first-order chi connectivity index (χ1) is 6.70. The van der Waals surface area contributed by atoms with Crippen molar-refractivity contribution in [2.75, 3.05) is 19.6 Å². The number of rotatable bonds is 3. The van der Waals surface area contributed by atoms with Gasteiger partial charge in [-0.15, -0.1) is 0 Å². The van der Waals surface area contributed by atoms with Gasteiger partial charge in [-0.1, -0.05) is 12.8 Å². The predicted octanol–water partition coefficient (Wildman–Crippen LogP) is 1.13. The summed E-state index contributed by atoms with van der Waals surface area (Å²) in [7, 11) is 0. The second-order valence-corrected chi connectivity index (χ2v) is 4.95. The Labute approximate surface area is 85.6 Å². The molecule has 2 N–H and O–H groups in total. The Kier molecular flexibility index (Phi) is 2.77. The molecular formula is C11H20N2O. The molecule has 0 bridgehead atoms. The van der Waals surface area contributed by atoms with Crippen LogP contribution in [0, 0.1) is 5.41 Å². The van der Waals surface area contributed by atoms with E-state index >= 15 is 0 Å². The molecule has 0 aromatic rings. The average molecular weight is 196 g/mol. The molecule has 1 aliphatic heterocycles. The third-order valence-corrected chi connectivity index (χ3v) is 3.86. The molecule has 0 unspecified atom stereocenters. The Hall–Kier alpha value is -0.570. The number of carbonyl (C=O) groups is 1. The first-order valence-corrected chi connectivity index (χ1v) is 5.71. The van der Waals surface area contributed by atoms with Crippen molar-refractivity contribution in [1.82, 2.24) is 4.90 Å². The highest BCUT2D eigenvalue weighted by Crippen LogP contribution is 2.45. The summed E-state index contributed by atoms with van der Waals surface area (Å²) >= 11 is 0. The van der Waals surface area contributed by atoms with Gasteiger partial charge in [0, 0.05) is 19.5 Å². The lowest BCUT2D eigenvalue weighted by Crippen LogP contribution is -2.28. The number of primary amides is 1. The zero-order chi connectivity index (χ0) is 10.0. The largest absolute Gasteiger partial charge is 0.370 e. The molecule has 1 spiro atoms. The molecule has 1 heterocycles. The summed E-state index contributed by atoms with van der Waals surface area (Å²) in [4.78, 5) is 13.1. The second kappa shape index (κ2) is 3.89. The molecule has 0 aromatic heterocycles. The summed E-state index contributed by atoms with van der Waals surface area (Å²) in [6, 6.07) is 0. The van der Waals surface area contributed by atoms with E-state index in [0.717, 1.165) is 6.54 Å². The summed E-state index contributed by atoms with van der Waals surface area (Å²) in [5.74, 6) is -0.169. The first kappa shape index (κ1) is 9.97. The van der Waals surface area contributed by atoms with Crippen LogP contribution in [0.3, 0.4) is 0 Å². The summed E-state index contributed by atoms with van der Waals surface area (Å²) in [5, 5.41) is 0. The van der Waals surface area contributed by atoms with Gasteiger partial charge in [0.2, 0.25) is 5.91 Å². The van der Waals surface area contributed by atoms with Crippen molar-refractivity contribution >= 4 is 5.91 Å². The van der Waals surface area contributed by atoms with Crippen LogP contribution in [0.2, 0.25) is 0 Å². The van der Waals surface area contributed by atoms with Crippen LogP contribution in [0.25, 0.3) is 0 Å². The fraction of sp³-hybridized carbons (Fsp3) is 0.909. The number of amides is 1. The molecular weight excluding hydrogens is 176 g/mol. The third kappa shape index (κ3) is 2.08. The van der Waals surface area contributed by atoms with Crippen LogP contribution in [0.5, 0.6) is 0 Å². The van der Waals surface area contributed by atoms with Gasteiger partial charge in [0.1, 0.15) is 0 Å². The number of hydrogen-bond donors (Lipinski definition) is 1. The van der Waals surface area contributed by atoms with Crippen LogP contribution in [0.15, 0.2) is 0 Å². The van der Waals surface area contributed by atoms with Crippen LogP contribution in [0.1, 0.15) is 38.5 Å². The molecule has 2 fully saturated rings. The molecule has 3 heteroatoms. The van der Waals surface area contributed by atoms with Crippen LogP contribution in [-0.4, -0.2) is 30.4 Å². The van der Waals surface area contributed by atoms with E-state index in [-0.39, 0.29) is 5.91 Å². The van der Waals surface area contributed by atoms with Gasteiger partial charge in [0.05, 0.1) is 0 Å². The van der Waals surface area contributed by atoms with E-state index in [1.165, 1.54) is 45.2 Å². The van der Waals surface area contributed by atoms with Crippen LogP contribution < -0.4 is 5.73 Å². The van der Waals surface area contributed by atoms with Gasteiger partial charge in [-0.05, 0) is 31.2 Å². The SMILES string of the molecule is NC(=O)CCN1CCC2(CCCC2)C1. The maximum absolute atomic E-state index is 10.7. The average Bonchev–Trinajstić information content (AvgIpc) is 2.74. The van der Waals surface area contributed by atoms with Crippen molar-refractivity contribution in [3.8, 4) is 0 Å². The summed E-state index contributed by atoms with van der Waals surface area (Å²) < 4.78 is 0. The third-order valence-electron chi connectivity index (χ3n) is 3.86. The number of nitrogens with two attached hydrogens (primary N) is 1. The molecule has 80 valence electrons. The van der Waals surface area contributed by atoms with Crippen molar-refractivity contribution in [3.63, 3.8) is 0 Å². The molecule has 0 atom stereocenters. The van der Waals surface area contributed by atoms with E-state index in [2.05, 4.69) is 4.90 Å². The monoisotopic (exact) mass is 196 g/mol. The van der Waals surface area contributed by atoms with Gasteiger partial charge >= 0.3 is 0 Å². The molecule has 1 saturated carbocycles. The highest BCUT2D eigenvalue weighted by atomic mass is 16.1. The Morgan fingerprint density at radius 3 is 2.64 bits per heavy atom. The Balaban J connectivity index is 1.79. The lowest BCUT2D eigenvalue weighted by molar-refractivity contribution is -0.118. The van der Waals surface area contributed by atoms with E-state index in [9.17, 15) is 4.79 Å². The molecule has 0 radical (unpaired) electrons. The van der Waals surface area contributed by atoms with Gasteiger partial charge in [-0.25, -0.2) is 0 Å². The topological polar surface area (TPSA) is 46.3 Å². The molecule has 0 aromatic carbocycles. The highest BCUT2D eigenvalue weighted by molar-refractivity contribution is 5.73. The second-order valence-electron chi connectivity index (χ2n) is 4.95. The highest BCUT2D eigenvalue weighted by Gasteiger charge is 2.39. The predicted molar refractivity (Wildman–Crippen MR) is 55.8 cm³/mol. The molecule has 14 heavy (non-hydrogen) atoms. The van der Waals surface area contributed by atoms with Crippen molar-refractivity contribution in [2.45, 2.75) is 38.5 Å². The van der Waals surface area contributed by atoms with Gasteiger partial charge in [0.15, 0.2) is 0 Å². The molecule has 3 nitrogen and oxygen atoms in total. The zero-order valence-electron chi connectivity index (χ0n) is 8.80. The smallest absolute Gasteiger partial charge is 0.218 e. The lowest BCUT2D eigenvalue weighted by atomic mass is 9.86. The van der Waals surface area contributed by atoms with Crippen LogP contribution >= 0.6 is 0 Å². The molecule has 2 rings (SSSR count). The minimum atomic E-state index is -0.169. The number of nitrogens with zero attached hydrogens (tertiary/aromatic N) is 1. The standard InChI is InChI=1S/C11H20N2O/c12-10(14)3-7-13-8-6-11(9-13)4-1-2-5-11/h1-9H2,(H2,12,14). The van der Waals surface area contributed by atoms with Crippen molar-refractivity contribution in [3.05, 3.63) is 0 Å². The first-order valence-electron chi connectivity index (χ1n) is 5.71. The van der Waals surface area contributed by atoms with E-state index in [1.54, 1.807) is 0 Å². The minimum Gasteiger partial charge on any atom is -0.370 e. The van der Waals surface area contributed by atoms with E-state index in [0.29, 0.717) is 11.8 Å². The van der Waals surface area contributed by atoms with E-state index in [1.807, 2.05) is 0 Å². The summed E-state index contributed by atoms with van der Waals surface area (Å²) in [5.41, 5.74) is 5.77. The number of carbonyl (C=O) groups excluding carboxylic acids is 1. The minimum absolute atomic E-state index is 0.169. The van der Waals surface area contributed by atoms with Gasteiger partial charge < -0.3 is 10.6 Å². The maximum Gasteiger partial charge on any atom is 0.218 e. The summed E-state index contributed by atoms with van der Waals surface area (Å²) in [6.45, 7) is 3.25. The fourth-order valence-corrected chi connectivity index (χ4v) is 3.02. The molecule has 2 aliphatic rings. The van der Waals surface area contributed by atoms with Gasteiger partial charge in [-0.2, -0.15) is 0 Å². The number of hydrogen-bond acceptors (Lipinski definition) is 2. The fourth-order valence-electron chi connectivity index (χ4n) is 3.02.